The van der Waals surface area contributed by atoms with Gasteiger partial charge in [-0.1, -0.05) is 115 Å². The van der Waals surface area contributed by atoms with Crippen LogP contribution in [0.2, 0.25) is 0 Å². The van der Waals surface area contributed by atoms with Gasteiger partial charge in [0.1, 0.15) is 0 Å². The lowest BCUT2D eigenvalue weighted by Gasteiger charge is -2.09. The van der Waals surface area contributed by atoms with E-state index in [1.54, 1.807) is 22.7 Å². The second kappa shape index (κ2) is 11.9. The normalized spacial score (nSPS) is 11.8. The van der Waals surface area contributed by atoms with Crippen LogP contribution in [0.25, 0.3) is 101 Å². The molecule has 0 amide bonds. The fraction of sp³-hybridized carbons (Fsp3) is 0. The topological polar surface area (TPSA) is 22.0 Å². The van der Waals surface area contributed by atoms with E-state index < -0.39 is 0 Å². The van der Waals surface area contributed by atoms with Crippen molar-refractivity contribution in [2.45, 2.75) is 0 Å². The third kappa shape index (κ3) is 4.87. The van der Waals surface area contributed by atoms with Crippen LogP contribution in [-0.4, -0.2) is 4.57 Å². The van der Waals surface area contributed by atoms with E-state index in [-0.39, 0.29) is 5.43 Å². The van der Waals surface area contributed by atoms with Crippen LogP contribution >= 0.6 is 22.7 Å². The Morgan fingerprint density at radius 3 is 1.38 bits per heavy atom. The Kier molecular flexibility index (Phi) is 6.78. The molecule has 0 aliphatic heterocycles. The first-order chi connectivity index (χ1) is 26.2. The Morgan fingerprint density at radius 1 is 0.321 bits per heavy atom. The monoisotopic (exact) mass is 711 g/mol. The molecule has 3 heterocycles. The van der Waals surface area contributed by atoms with E-state index in [2.05, 4.69) is 162 Å². The van der Waals surface area contributed by atoms with Gasteiger partial charge in [0, 0.05) is 56.8 Å². The minimum atomic E-state index is 0.0967. The molecule has 0 radical (unpaired) electrons. The lowest BCUT2D eigenvalue weighted by Crippen LogP contribution is -2.01. The van der Waals surface area contributed by atoms with Gasteiger partial charge < -0.3 is 4.57 Å². The van der Waals surface area contributed by atoms with Gasteiger partial charge in [-0.25, -0.2) is 0 Å². The number of fused-ring (bicyclic) bond motifs is 8. The molecular weight excluding hydrogens is 683 g/mol. The highest BCUT2D eigenvalue weighted by molar-refractivity contribution is 7.27. The molecule has 0 atom stereocenters. The number of nitrogens with zero attached hydrogens (tertiary/aromatic N) is 1. The van der Waals surface area contributed by atoms with Gasteiger partial charge >= 0.3 is 0 Å². The molecule has 0 unspecified atom stereocenters. The molecule has 0 saturated carbocycles. The van der Waals surface area contributed by atoms with E-state index in [9.17, 15) is 4.79 Å². The van der Waals surface area contributed by atoms with Gasteiger partial charge in [-0.05, 0) is 94.0 Å². The smallest absolute Gasteiger partial charge is 0.195 e. The Bertz CT molecular complexity index is 3190. The second-order valence-corrected chi connectivity index (χ2v) is 15.8. The van der Waals surface area contributed by atoms with Crippen LogP contribution in [0.4, 0.5) is 0 Å². The third-order valence-electron chi connectivity index (χ3n) is 10.6. The fourth-order valence-electron chi connectivity index (χ4n) is 7.99. The zero-order valence-corrected chi connectivity index (χ0v) is 30.0. The van der Waals surface area contributed by atoms with Crippen molar-refractivity contribution in [2.24, 2.45) is 0 Å². The summed E-state index contributed by atoms with van der Waals surface area (Å²) < 4.78 is 6.85. The van der Waals surface area contributed by atoms with Crippen LogP contribution in [0.1, 0.15) is 0 Å². The van der Waals surface area contributed by atoms with Crippen molar-refractivity contribution in [3.63, 3.8) is 0 Å². The largest absolute Gasteiger partial charge is 0.309 e. The molecule has 53 heavy (non-hydrogen) atoms. The minimum absolute atomic E-state index is 0.0967. The predicted molar refractivity (Wildman–Crippen MR) is 229 cm³/mol. The first-order valence-electron chi connectivity index (χ1n) is 17.8. The van der Waals surface area contributed by atoms with Crippen molar-refractivity contribution >= 4 is 84.8 Å². The number of aromatic nitrogens is 1. The predicted octanol–water partition coefficient (Wildman–Crippen LogP) is 13.9. The molecular formula is C49H29NOS2. The number of thiophene rings is 1. The van der Waals surface area contributed by atoms with Gasteiger partial charge in [-0.15, -0.1) is 22.7 Å². The van der Waals surface area contributed by atoms with Gasteiger partial charge in [-0.3, -0.25) is 4.79 Å². The van der Waals surface area contributed by atoms with Crippen molar-refractivity contribution in [1.29, 1.82) is 0 Å². The zero-order chi connectivity index (χ0) is 35.0. The summed E-state index contributed by atoms with van der Waals surface area (Å²) in [4.78, 5) is 14.1. The van der Waals surface area contributed by atoms with Gasteiger partial charge in [0.15, 0.2) is 5.43 Å². The first-order valence-corrected chi connectivity index (χ1v) is 19.4. The SMILES string of the molecule is O=c1c2cc(-c3ccccc3)ccc2sc2cc3sc4cc(-n5c6ccc(-c7ccccc7)cc6c6cc(-c7ccccc7)ccc65)ccc4c3cc12. The van der Waals surface area contributed by atoms with E-state index in [0.717, 1.165) is 42.4 Å². The number of hydrogen-bond donors (Lipinski definition) is 0. The maximum absolute atomic E-state index is 14.1. The summed E-state index contributed by atoms with van der Waals surface area (Å²) in [6, 6.07) is 62.7. The van der Waals surface area contributed by atoms with Gasteiger partial charge in [0.2, 0.25) is 0 Å². The third-order valence-corrected chi connectivity index (χ3v) is 12.8. The van der Waals surface area contributed by atoms with E-state index in [0.29, 0.717) is 0 Å². The molecule has 0 fully saturated rings. The van der Waals surface area contributed by atoms with Crippen LogP contribution in [0, 0.1) is 0 Å². The van der Waals surface area contributed by atoms with Crippen molar-refractivity contribution in [3.05, 3.63) is 186 Å². The average molecular weight is 712 g/mol. The van der Waals surface area contributed by atoms with Crippen LogP contribution < -0.4 is 5.43 Å². The average Bonchev–Trinajstić information content (AvgIpc) is 3.75. The van der Waals surface area contributed by atoms with Crippen molar-refractivity contribution in [3.8, 4) is 39.1 Å². The summed E-state index contributed by atoms with van der Waals surface area (Å²) in [5, 5.41) is 6.34. The van der Waals surface area contributed by atoms with E-state index in [1.165, 1.54) is 58.8 Å². The lowest BCUT2D eigenvalue weighted by molar-refractivity contribution is 1.19. The number of benzene rings is 8. The molecule has 8 aromatic carbocycles. The molecule has 11 aromatic rings. The summed E-state index contributed by atoms with van der Waals surface area (Å²) >= 11 is 3.50. The van der Waals surface area contributed by atoms with Gasteiger partial charge in [0.05, 0.1) is 11.0 Å². The van der Waals surface area contributed by atoms with E-state index >= 15 is 0 Å². The van der Waals surface area contributed by atoms with Crippen molar-refractivity contribution in [2.75, 3.05) is 0 Å². The molecule has 0 N–H and O–H groups in total. The molecule has 0 bridgehead atoms. The molecule has 3 aromatic heterocycles. The summed E-state index contributed by atoms with van der Waals surface area (Å²) in [6.07, 6.45) is 0. The van der Waals surface area contributed by atoms with Crippen LogP contribution in [0.5, 0.6) is 0 Å². The highest BCUT2D eigenvalue weighted by Crippen LogP contribution is 2.42. The Labute approximate surface area is 313 Å². The van der Waals surface area contributed by atoms with Crippen LogP contribution in [0.15, 0.2) is 181 Å². The van der Waals surface area contributed by atoms with E-state index in [4.69, 9.17) is 0 Å². The standard InChI is InChI=1S/C49H29NOS2/c51-49-41-26-35(32-14-8-3-9-15-32)18-23-45(41)52-48-29-47-40(28-42(48)49)37-20-19-36(27-46(37)53-47)50-43-21-16-33(30-10-4-1-5-11-30)24-38(43)39-25-34(17-22-44(39)50)31-12-6-2-7-13-31/h1-29H. The molecule has 0 spiro atoms. The Hall–Kier alpha value is -6.33. The zero-order valence-electron chi connectivity index (χ0n) is 28.4. The lowest BCUT2D eigenvalue weighted by atomic mass is 10.0. The van der Waals surface area contributed by atoms with Crippen molar-refractivity contribution in [1.82, 2.24) is 4.57 Å². The summed E-state index contributed by atoms with van der Waals surface area (Å²) in [5.41, 5.74) is 10.6. The summed E-state index contributed by atoms with van der Waals surface area (Å²) in [6.45, 7) is 0. The maximum atomic E-state index is 14.1. The first kappa shape index (κ1) is 30.3. The number of rotatable bonds is 4. The molecule has 248 valence electrons. The molecule has 4 heteroatoms. The molecule has 0 saturated heterocycles. The van der Waals surface area contributed by atoms with Crippen molar-refractivity contribution < 1.29 is 0 Å². The van der Waals surface area contributed by atoms with Gasteiger partial charge in [0.25, 0.3) is 0 Å². The molecule has 11 rings (SSSR count). The highest BCUT2D eigenvalue weighted by Gasteiger charge is 2.17. The van der Waals surface area contributed by atoms with Crippen LogP contribution in [-0.2, 0) is 0 Å². The minimum Gasteiger partial charge on any atom is -0.309 e. The quantitative estimate of drug-likeness (QED) is 0.167. The summed E-state index contributed by atoms with van der Waals surface area (Å²) in [5.74, 6) is 0. The number of hydrogen-bond acceptors (Lipinski definition) is 3. The fourth-order valence-corrected chi connectivity index (χ4v) is 10.3. The molecule has 0 aliphatic carbocycles. The highest BCUT2D eigenvalue weighted by atomic mass is 32.1. The molecule has 2 nitrogen and oxygen atoms in total. The second-order valence-electron chi connectivity index (χ2n) is 13.7. The Balaban J connectivity index is 1.09. The van der Waals surface area contributed by atoms with Gasteiger partial charge in [-0.2, -0.15) is 0 Å². The molecule has 0 aliphatic rings. The van der Waals surface area contributed by atoms with E-state index in [1.807, 2.05) is 18.2 Å². The van der Waals surface area contributed by atoms with Crippen LogP contribution in [0.3, 0.4) is 0 Å². The summed E-state index contributed by atoms with van der Waals surface area (Å²) in [7, 11) is 0. The maximum Gasteiger partial charge on any atom is 0.195 e. The Morgan fingerprint density at radius 2 is 0.792 bits per heavy atom.